The van der Waals surface area contributed by atoms with Crippen LogP contribution in [0.3, 0.4) is 0 Å². The smallest absolute Gasteiger partial charge is 0.462 e. The number of carbonyl (C=O) groups excluding carboxylic acids is 4. The Bertz CT molecular complexity index is 1750. The molecule has 0 aliphatic heterocycles. The predicted octanol–water partition coefficient (Wildman–Crippen LogP) is 19.3. The fourth-order valence-corrected chi connectivity index (χ4v) is 11.8. The van der Waals surface area contributed by atoms with E-state index in [0.29, 0.717) is 31.6 Å². The molecule has 17 nitrogen and oxygen atoms in total. The summed E-state index contributed by atoms with van der Waals surface area (Å²) in [6, 6.07) is 0. The van der Waals surface area contributed by atoms with Crippen LogP contribution in [0.15, 0.2) is 0 Å². The van der Waals surface area contributed by atoms with Gasteiger partial charge in [-0.2, -0.15) is 0 Å². The molecule has 0 heterocycles. The topological polar surface area (TPSA) is 237 Å². The van der Waals surface area contributed by atoms with Crippen LogP contribution in [0.4, 0.5) is 0 Å². The molecule has 3 N–H and O–H groups in total. The summed E-state index contributed by atoms with van der Waals surface area (Å²) in [5, 5.41) is 10.6. The lowest BCUT2D eigenvalue weighted by Gasteiger charge is -2.21. The Morgan fingerprint density at radius 2 is 0.545 bits per heavy atom. The first-order valence-electron chi connectivity index (χ1n) is 35.8. The lowest BCUT2D eigenvalue weighted by Crippen LogP contribution is -2.30. The van der Waals surface area contributed by atoms with Crippen LogP contribution in [0.1, 0.15) is 338 Å². The summed E-state index contributed by atoms with van der Waals surface area (Å²) in [5.74, 6) is 0.837. The Balaban J connectivity index is 5.24. The molecule has 7 atom stereocenters. The second-order valence-corrected chi connectivity index (χ2v) is 29.3. The van der Waals surface area contributed by atoms with Crippen molar-refractivity contribution in [2.75, 3.05) is 39.6 Å². The quantitative estimate of drug-likeness (QED) is 0.0222. The number of rotatable bonds is 66. The third kappa shape index (κ3) is 60.3. The number of phosphoric acid groups is 2. The predicted molar refractivity (Wildman–Crippen MR) is 354 cm³/mol. The number of hydrogen-bond donors (Lipinski definition) is 3. The van der Waals surface area contributed by atoms with E-state index in [1.807, 2.05) is 0 Å². The number of aliphatic hydroxyl groups is 1. The van der Waals surface area contributed by atoms with Gasteiger partial charge in [-0.25, -0.2) is 9.13 Å². The van der Waals surface area contributed by atoms with Crippen molar-refractivity contribution in [3.63, 3.8) is 0 Å². The number of carbonyl (C=O) groups is 4. The van der Waals surface area contributed by atoms with E-state index in [1.54, 1.807) is 0 Å². The maximum Gasteiger partial charge on any atom is 0.472 e. The Kier molecular flexibility index (Phi) is 57.6. The summed E-state index contributed by atoms with van der Waals surface area (Å²) >= 11 is 0. The molecule has 0 amide bonds. The average molecular weight is 1300 g/mol. The van der Waals surface area contributed by atoms with E-state index in [-0.39, 0.29) is 25.7 Å². The van der Waals surface area contributed by atoms with Crippen molar-refractivity contribution in [1.82, 2.24) is 0 Å². The standard InChI is InChI=1S/C69H134O17P2/c1-9-61(7)47-39-31-22-19-20-23-33-41-49-66(71)79-55-64(85-68(73)51-43-35-24-18-16-14-12-11-13-15-17-21-29-37-45-59(3)4)57-83-87(75,76)81-53-63(70)54-82-88(77,78)84-58-65(56-80-67(72)50-42-34-27-25-30-38-46-60(5)6)86-69(74)52-44-36-28-26-32-40-48-62(8)10-2/h59-65,70H,9-58H2,1-8H3,(H,75,76)(H,77,78)/t61?,62?,63-,64-,65-/m1/s1. The van der Waals surface area contributed by atoms with Crippen LogP contribution in [0.25, 0.3) is 0 Å². The van der Waals surface area contributed by atoms with Crippen LogP contribution in [-0.2, 0) is 65.4 Å². The van der Waals surface area contributed by atoms with Crippen molar-refractivity contribution in [2.45, 2.75) is 356 Å². The van der Waals surface area contributed by atoms with E-state index in [2.05, 4.69) is 55.4 Å². The number of phosphoric ester groups is 2. The van der Waals surface area contributed by atoms with Crippen molar-refractivity contribution >= 4 is 39.5 Å². The summed E-state index contributed by atoms with van der Waals surface area (Å²) in [6.07, 6.45) is 40.5. The molecule has 0 aromatic heterocycles. The molecule has 0 saturated heterocycles. The molecule has 4 unspecified atom stereocenters. The Labute approximate surface area is 537 Å². The van der Waals surface area contributed by atoms with Gasteiger partial charge in [0.15, 0.2) is 12.2 Å². The first-order chi connectivity index (χ1) is 42.2. The van der Waals surface area contributed by atoms with Crippen LogP contribution in [-0.4, -0.2) is 96.7 Å². The van der Waals surface area contributed by atoms with Gasteiger partial charge in [0.1, 0.15) is 19.3 Å². The summed E-state index contributed by atoms with van der Waals surface area (Å²) in [5.41, 5.74) is 0. The molecule has 0 radical (unpaired) electrons. The van der Waals surface area contributed by atoms with Crippen molar-refractivity contribution in [2.24, 2.45) is 23.7 Å². The zero-order chi connectivity index (χ0) is 65.4. The molecule has 0 aliphatic carbocycles. The lowest BCUT2D eigenvalue weighted by atomic mass is 9.99. The van der Waals surface area contributed by atoms with Crippen LogP contribution in [0.2, 0.25) is 0 Å². The highest BCUT2D eigenvalue weighted by Gasteiger charge is 2.30. The normalized spacial score (nSPS) is 14.9. The van der Waals surface area contributed by atoms with Crippen LogP contribution >= 0.6 is 15.6 Å². The second kappa shape index (κ2) is 58.8. The zero-order valence-corrected chi connectivity index (χ0v) is 59.1. The van der Waals surface area contributed by atoms with Gasteiger partial charge in [-0.05, 0) is 49.4 Å². The average Bonchev–Trinajstić information content (AvgIpc) is 3.55. The van der Waals surface area contributed by atoms with Crippen molar-refractivity contribution in [1.29, 1.82) is 0 Å². The molecule has 0 aromatic rings. The van der Waals surface area contributed by atoms with Gasteiger partial charge in [0, 0.05) is 25.7 Å². The lowest BCUT2D eigenvalue weighted by molar-refractivity contribution is -0.161. The number of unbranched alkanes of at least 4 members (excludes halogenated alkanes) is 30. The van der Waals surface area contributed by atoms with Gasteiger partial charge in [0.2, 0.25) is 0 Å². The molecule has 0 rings (SSSR count). The summed E-state index contributed by atoms with van der Waals surface area (Å²) in [4.78, 5) is 72.4. The van der Waals surface area contributed by atoms with E-state index >= 15 is 0 Å². The van der Waals surface area contributed by atoms with Crippen LogP contribution in [0.5, 0.6) is 0 Å². The minimum absolute atomic E-state index is 0.101. The van der Waals surface area contributed by atoms with Gasteiger partial charge < -0.3 is 33.8 Å². The van der Waals surface area contributed by atoms with Gasteiger partial charge in [-0.15, -0.1) is 0 Å². The number of ether oxygens (including phenoxy) is 4. The van der Waals surface area contributed by atoms with Crippen molar-refractivity contribution in [3.8, 4) is 0 Å². The molecule has 0 aromatic carbocycles. The van der Waals surface area contributed by atoms with Gasteiger partial charge in [-0.1, -0.05) is 287 Å². The molecule has 0 bridgehead atoms. The number of esters is 4. The molecular formula is C69H134O17P2. The molecular weight excluding hydrogens is 1160 g/mol. The highest BCUT2D eigenvalue weighted by molar-refractivity contribution is 7.47. The molecule has 0 spiro atoms. The van der Waals surface area contributed by atoms with Crippen molar-refractivity contribution in [3.05, 3.63) is 0 Å². The Morgan fingerprint density at radius 3 is 0.807 bits per heavy atom. The minimum Gasteiger partial charge on any atom is -0.462 e. The fourth-order valence-electron chi connectivity index (χ4n) is 10.2. The number of hydrogen-bond acceptors (Lipinski definition) is 15. The van der Waals surface area contributed by atoms with Crippen LogP contribution < -0.4 is 0 Å². The first-order valence-corrected chi connectivity index (χ1v) is 38.8. The zero-order valence-electron chi connectivity index (χ0n) is 57.3. The van der Waals surface area contributed by atoms with Gasteiger partial charge in [-0.3, -0.25) is 37.3 Å². The molecule has 0 aliphatic rings. The van der Waals surface area contributed by atoms with E-state index in [0.717, 1.165) is 114 Å². The Hall–Kier alpha value is -1.94. The van der Waals surface area contributed by atoms with E-state index in [4.69, 9.17) is 37.0 Å². The van der Waals surface area contributed by atoms with Gasteiger partial charge in [0.05, 0.1) is 26.4 Å². The highest BCUT2D eigenvalue weighted by Crippen LogP contribution is 2.45. The van der Waals surface area contributed by atoms with E-state index in [1.165, 1.54) is 135 Å². The van der Waals surface area contributed by atoms with Gasteiger partial charge >= 0.3 is 39.5 Å². The second-order valence-electron chi connectivity index (χ2n) is 26.4. The van der Waals surface area contributed by atoms with Gasteiger partial charge in [0.25, 0.3) is 0 Å². The molecule has 19 heteroatoms. The molecule has 0 fully saturated rings. The molecule has 88 heavy (non-hydrogen) atoms. The summed E-state index contributed by atoms with van der Waals surface area (Å²) in [7, 11) is -9.90. The largest absolute Gasteiger partial charge is 0.472 e. The molecule has 0 saturated carbocycles. The number of aliphatic hydroxyl groups excluding tert-OH is 1. The van der Waals surface area contributed by atoms with Crippen LogP contribution in [0, 0.1) is 23.7 Å². The minimum atomic E-state index is -4.95. The van der Waals surface area contributed by atoms with E-state index in [9.17, 15) is 43.2 Å². The highest BCUT2D eigenvalue weighted by atomic mass is 31.2. The monoisotopic (exact) mass is 1300 g/mol. The summed E-state index contributed by atoms with van der Waals surface area (Å²) in [6.45, 7) is 14.0. The third-order valence-corrected chi connectivity index (χ3v) is 18.4. The maximum atomic E-state index is 13.0. The molecule has 522 valence electrons. The van der Waals surface area contributed by atoms with E-state index < -0.39 is 97.5 Å². The first kappa shape index (κ1) is 86.1. The Morgan fingerprint density at radius 1 is 0.318 bits per heavy atom. The fraction of sp³-hybridized carbons (Fsp3) is 0.942. The summed E-state index contributed by atoms with van der Waals surface area (Å²) < 4.78 is 68.2. The maximum absolute atomic E-state index is 13.0. The third-order valence-electron chi connectivity index (χ3n) is 16.5. The van der Waals surface area contributed by atoms with Crippen molar-refractivity contribution < 1.29 is 80.2 Å². The SMILES string of the molecule is CCC(C)CCCCCCCCCCC(=O)OC[C@H](COP(=O)(O)OC[C@@H](O)COP(=O)(O)OC[C@@H](COC(=O)CCCCCCCCC(C)C)OC(=O)CCCCCCCCC(C)CC)OC(=O)CCCCCCCCCCCCCCCCC(C)C.